The van der Waals surface area contributed by atoms with Gasteiger partial charge in [0, 0.05) is 31.9 Å². The number of carbonyl (C=O) groups excluding carboxylic acids is 1. The van der Waals surface area contributed by atoms with Gasteiger partial charge in [0.2, 0.25) is 15.9 Å². The number of carbonyl (C=O) groups is 1. The van der Waals surface area contributed by atoms with Crippen LogP contribution in [-0.4, -0.2) is 57.7 Å². The fourth-order valence-electron chi connectivity index (χ4n) is 3.65. The molecule has 0 aromatic heterocycles. The van der Waals surface area contributed by atoms with E-state index in [0.29, 0.717) is 25.2 Å². The van der Waals surface area contributed by atoms with Gasteiger partial charge in [-0.2, -0.15) is 0 Å². The van der Waals surface area contributed by atoms with Crippen LogP contribution in [0.25, 0.3) is 0 Å². The number of hydrogen-bond acceptors (Lipinski definition) is 4. The van der Waals surface area contributed by atoms with E-state index in [-0.39, 0.29) is 5.91 Å². The predicted octanol–water partition coefficient (Wildman–Crippen LogP) is 2.58. The van der Waals surface area contributed by atoms with E-state index in [1.807, 2.05) is 31.2 Å². The zero-order chi connectivity index (χ0) is 20.1. The smallest absolute Gasteiger partial charge is 0.246 e. The normalized spacial score (nSPS) is 15.9. The van der Waals surface area contributed by atoms with Crippen LogP contribution in [0.1, 0.15) is 13.3 Å². The van der Waals surface area contributed by atoms with Crippen molar-refractivity contribution in [3.8, 4) is 0 Å². The number of anilines is 2. The summed E-state index contributed by atoms with van der Waals surface area (Å²) in [6.45, 7) is 4.48. The molecule has 1 heterocycles. The summed E-state index contributed by atoms with van der Waals surface area (Å²) in [6.07, 6.45) is 1.57. The Morgan fingerprint density at radius 3 is 2.00 bits per heavy atom. The summed E-state index contributed by atoms with van der Waals surface area (Å²) in [6, 6.07) is 18.2. The van der Waals surface area contributed by atoms with Gasteiger partial charge in [0.1, 0.15) is 6.04 Å². The van der Waals surface area contributed by atoms with Crippen molar-refractivity contribution >= 4 is 27.3 Å². The molecular formula is C21H27N3O3S. The van der Waals surface area contributed by atoms with Crippen LogP contribution in [0.4, 0.5) is 11.4 Å². The van der Waals surface area contributed by atoms with Gasteiger partial charge in [-0.1, -0.05) is 43.3 Å². The van der Waals surface area contributed by atoms with Crippen LogP contribution in [0.3, 0.4) is 0 Å². The lowest BCUT2D eigenvalue weighted by Crippen LogP contribution is -2.56. The third-order valence-electron chi connectivity index (χ3n) is 5.04. The van der Waals surface area contributed by atoms with Gasteiger partial charge >= 0.3 is 0 Å². The molecule has 0 saturated carbocycles. The summed E-state index contributed by atoms with van der Waals surface area (Å²) in [5.41, 5.74) is 1.66. The molecule has 28 heavy (non-hydrogen) atoms. The minimum Gasteiger partial charge on any atom is -0.368 e. The van der Waals surface area contributed by atoms with Gasteiger partial charge in [-0.3, -0.25) is 9.10 Å². The largest absolute Gasteiger partial charge is 0.368 e. The second kappa shape index (κ2) is 8.65. The predicted molar refractivity (Wildman–Crippen MR) is 113 cm³/mol. The van der Waals surface area contributed by atoms with Crippen LogP contribution < -0.4 is 9.21 Å². The maximum atomic E-state index is 13.2. The van der Waals surface area contributed by atoms with Crippen molar-refractivity contribution in [2.75, 3.05) is 41.6 Å². The van der Waals surface area contributed by atoms with Crippen LogP contribution in [0.2, 0.25) is 0 Å². The molecule has 1 aliphatic rings. The number of amides is 1. The molecule has 1 atom stereocenters. The molecular weight excluding hydrogens is 374 g/mol. The van der Waals surface area contributed by atoms with Crippen molar-refractivity contribution in [2.24, 2.45) is 0 Å². The number of para-hydroxylation sites is 2. The number of piperazine rings is 1. The van der Waals surface area contributed by atoms with Gasteiger partial charge in [0.15, 0.2) is 0 Å². The molecule has 150 valence electrons. The first kappa shape index (κ1) is 20.2. The lowest BCUT2D eigenvalue weighted by atomic mass is 10.1. The summed E-state index contributed by atoms with van der Waals surface area (Å²) >= 11 is 0. The SMILES string of the molecule is CCC(C(=O)N1CCN(c2ccccc2)CC1)N(c1ccccc1)S(C)(=O)=O. The standard InChI is InChI=1S/C21H27N3O3S/c1-3-20(24(28(2,26)27)19-12-8-5-9-13-19)21(25)23-16-14-22(15-17-23)18-10-6-4-7-11-18/h4-13,20H,3,14-17H2,1-2H3. The number of benzene rings is 2. The topological polar surface area (TPSA) is 60.9 Å². The summed E-state index contributed by atoms with van der Waals surface area (Å²) in [4.78, 5) is 17.3. The molecule has 0 N–H and O–H groups in total. The molecule has 2 aromatic carbocycles. The number of rotatable bonds is 6. The zero-order valence-electron chi connectivity index (χ0n) is 16.4. The average Bonchev–Trinajstić information content (AvgIpc) is 2.72. The van der Waals surface area contributed by atoms with Crippen molar-refractivity contribution < 1.29 is 13.2 Å². The monoisotopic (exact) mass is 401 g/mol. The van der Waals surface area contributed by atoms with E-state index in [1.165, 1.54) is 4.31 Å². The molecule has 0 radical (unpaired) electrons. The van der Waals surface area contributed by atoms with Crippen LogP contribution in [-0.2, 0) is 14.8 Å². The van der Waals surface area contributed by atoms with Crippen LogP contribution in [0.5, 0.6) is 0 Å². The fraction of sp³-hybridized carbons (Fsp3) is 0.381. The molecule has 1 unspecified atom stereocenters. The highest BCUT2D eigenvalue weighted by atomic mass is 32.2. The molecule has 0 aliphatic carbocycles. The van der Waals surface area contributed by atoms with Gasteiger partial charge in [0.05, 0.1) is 11.9 Å². The molecule has 3 rings (SSSR count). The second-order valence-electron chi connectivity index (χ2n) is 6.97. The third-order valence-corrected chi connectivity index (χ3v) is 6.22. The van der Waals surface area contributed by atoms with Crippen LogP contribution in [0.15, 0.2) is 60.7 Å². The lowest BCUT2D eigenvalue weighted by Gasteiger charge is -2.39. The van der Waals surface area contributed by atoms with E-state index in [4.69, 9.17) is 0 Å². The average molecular weight is 402 g/mol. The first-order valence-corrected chi connectivity index (χ1v) is 11.4. The Labute approximate surface area is 167 Å². The second-order valence-corrected chi connectivity index (χ2v) is 8.83. The van der Waals surface area contributed by atoms with E-state index in [1.54, 1.807) is 29.2 Å². The number of sulfonamides is 1. The summed E-state index contributed by atoms with van der Waals surface area (Å²) in [7, 11) is -3.59. The van der Waals surface area contributed by atoms with Gasteiger partial charge in [-0.25, -0.2) is 8.42 Å². The van der Waals surface area contributed by atoms with Crippen molar-refractivity contribution in [2.45, 2.75) is 19.4 Å². The molecule has 0 bridgehead atoms. The quantitative estimate of drug-likeness (QED) is 0.746. The minimum atomic E-state index is -3.59. The highest BCUT2D eigenvalue weighted by Crippen LogP contribution is 2.24. The molecule has 1 saturated heterocycles. The molecule has 7 heteroatoms. The Kier molecular flexibility index (Phi) is 6.24. The van der Waals surface area contributed by atoms with Crippen molar-refractivity contribution in [3.63, 3.8) is 0 Å². The Morgan fingerprint density at radius 1 is 0.964 bits per heavy atom. The number of hydrogen-bond donors (Lipinski definition) is 0. The molecule has 1 aliphatic heterocycles. The molecule has 2 aromatic rings. The molecule has 1 amide bonds. The third kappa shape index (κ3) is 4.47. The molecule has 6 nitrogen and oxygen atoms in total. The Balaban J connectivity index is 1.76. The Morgan fingerprint density at radius 2 is 1.50 bits per heavy atom. The zero-order valence-corrected chi connectivity index (χ0v) is 17.2. The van der Waals surface area contributed by atoms with E-state index in [2.05, 4.69) is 17.0 Å². The van der Waals surface area contributed by atoms with Gasteiger partial charge in [-0.15, -0.1) is 0 Å². The Hall–Kier alpha value is -2.54. The summed E-state index contributed by atoms with van der Waals surface area (Å²) in [5, 5.41) is 0. The van der Waals surface area contributed by atoms with E-state index in [9.17, 15) is 13.2 Å². The fourth-order valence-corrected chi connectivity index (χ4v) is 4.86. The van der Waals surface area contributed by atoms with E-state index < -0.39 is 16.1 Å². The highest BCUT2D eigenvalue weighted by Gasteiger charge is 2.35. The van der Waals surface area contributed by atoms with Gasteiger partial charge in [0.25, 0.3) is 0 Å². The first-order chi connectivity index (χ1) is 13.4. The number of nitrogens with zero attached hydrogens (tertiary/aromatic N) is 3. The van der Waals surface area contributed by atoms with Crippen molar-refractivity contribution in [1.29, 1.82) is 0 Å². The minimum absolute atomic E-state index is 0.135. The maximum absolute atomic E-state index is 13.2. The first-order valence-electron chi connectivity index (χ1n) is 9.55. The lowest BCUT2D eigenvalue weighted by molar-refractivity contribution is -0.132. The van der Waals surface area contributed by atoms with Crippen molar-refractivity contribution in [1.82, 2.24) is 4.90 Å². The summed E-state index contributed by atoms with van der Waals surface area (Å²) in [5.74, 6) is -0.135. The van der Waals surface area contributed by atoms with Crippen molar-refractivity contribution in [3.05, 3.63) is 60.7 Å². The highest BCUT2D eigenvalue weighted by molar-refractivity contribution is 7.92. The summed E-state index contributed by atoms with van der Waals surface area (Å²) < 4.78 is 26.3. The maximum Gasteiger partial charge on any atom is 0.246 e. The van der Waals surface area contributed by atoms with Crippen LogP contribution in [0, 0.1) is 0 Å². The van der Waals surface area contributed by atoms with Gasteiger partial charge in [-0.05, 0) is 30.7 Å². The molecule has 0 spiro atoms. The molecule has 1 fully saturated rings. The Bertz CT molecular complexity index is 880. The van der Waals surface area contributed by atoms with E-state index >= 15 is 0 Å². The van der Waals surface area contributed by atoms with E-state index in [0.717, 1.165) is 25.0 Å². The van der Waals surface area contributed by atoms with Crippen LogP contribution >= 0.6 is 0 Å². The van der Waals surface area contributed by atoms with Gasteiger partial charge < -0.3 is 9.80 Å².